The van der Waals surface area contributed by atoms with Gasteiger partial charge in [-0.15, -0.1) is 12.4 Å². The molecule has 0 aliphatic carbocycles. The Kier molecular flexibility index (Phi) is 8.06. The van der Waals surface area contributed by atoms with E-state index in [1.165, 1.54) is 11.3 Å². The van der Waals surface area contributed by atoms with E-state index in [4.69, 9.17) is 0 Å². The number of carbonyl (C=O) groups excluding carboxylic acids is 2. The van der Waals surface area contributed by atoms with Gasteiger partial charge in [-0.3, -0.25) is 14.5 Å². The second-order valence-corrected chi connectivity index (χ2v) is 6.64. The third kappa shape index (κ3) is 5.54. The van der Waals surface area contributed by atoms with Gasteiger partial charge in [0.25, 0.3) is 11.8 Å². The van der Waals surface area contributed by atoms with Crippen molar-refractivity contribution in [1.29, 1.82) is 0 Å². The smallest absolute Gasteiger partial charge is 0.256 e. The van der Waals surface area contributed by atoms with Crippen molar-refractivity contribution in [3.8, 4) is 0 Å². The Hall–Kier alpha value is -1.93. The number of anilines is 1. The summed E-state index contributed by atoms with van der Waals surface area (Å²) < 4.78 is 0. The van der Waals surface area contributed by atoms with Crippen LogP contribution >= 0.6 is 23.7 Å². The van der Waals surface area contributed by atoms with Crippen LogP contribution in [0.1, 0.15) is 20.7 Å². The predicted octanol–water partition coefficient (Wildman–Crippen LogP) is 2.06. The van der Waals surface area contributed by atoms with E-state index in [9.17, 15) is 9.59 Å². The Morgan fingerprint density at radius 1 is 1.12 bits per heavy atom. The minimum Gasteiger partial charge on any atom is -0.351 e. The third-order valence-electron chi connectivity index (χ3n) is 4.13. The number of piperazine rings is 1. The largest absolute Gasteiger partial charge is 0.351 e. The molecular formula is C18H23ClN4O2S. The maximum absolute atomic E-state index is 12.5. The third-order valence-corrected chi connectivity index (χ3v) is 4.81. The van der Waals surface area contributed by atoms with Crippen LogP contribution in [-0.2, 0) is 0 Å². The van der Waals surface area contributed by atoms with Crippen molar-refractivity contribution in [3.05, 3.63) is 52.2 Å². The lowest BCUT2D eigenvalue weighted by Crippen LogP contribution is -2.46. The second kappa shape index (κ2) is 10.3. The highest BCUT2D eigenvalue weighted by molar-refractivity contribution is 7.08. The van der Waals surface area contributed by atoms with Crippen molar-refractivity contribution >= 4 is 41.2 Å². The van der Waals surface area contributed by atoms with Crippen LogP contribution in [0.25, 0.3) is 0 Å². The zero-order valence-corrected chi connectivity index (χ0v) is 16.0. The topological polar surface area (TPSA) is 73.5 Å². The van der Waals surface area contributed by atoms with Crippen molar-refractivity contribution < 1.29 is 9.59 Å². The van der Waals surface area contributed by atoms with E-state index in [1.807, 2.05) is 5.38 Å². The number of nitrogens with zero attached hydrogens (tertiary/aromatic N) is 1. The fourth-order valence-corrected chi connectivity index (χ4v) is 3.37. The zero-order chi connectivity index (χ0) is 17.5. The van der Waals surface area contributed by atoms with Crippen LogP contribution in [0.4, 0.5) is 5.69 Å². The number of hydrogen-bond donors (Lipinski definition) is 3. The molecule has 2 aromatic rings. The fourth-order valence-electron chi connectivity index (χ4n) is 2.74. The molecule has 0 bridgehead atoms. The summed E-state index contributed by atoms with van der Waals surface area (Å²) in [6.07, 6.45) is 0. The fraction of sp³-hybridized carbons (Fsp3) is 0.333. The number of para-hydroxylation sites is 1. The van der Waals surface area contributed by atoms with Gasteiger partial charge in [0.1, 0.15) is 0 Å². The van der Waals surface area contributed by atoms with E-state index >= 15 is 0 Å². The molecule has 0 unspecified atom stereocenters. The molecule has 2 amide bonds. The van der Waals surface area contributed by atoms with Gasteiger partial charge in [0.05, 0.1) is 16.8 Å². The molecule has 1 aromatic carbocycles. The highest BCUT2D eigenvalue weighted by atomic mass is 35.5. The summed E-state index contributed by atoms with van der Waals surface area (Å²) in [4.78, 5) is 27.0. The number of rotatable bonds is 6. The van der Waals surface area contributed by atoms with Gasteiger partial charge in [0.2, 0.25) is 0 Å². The highest BCUT2D eigenvalue weighted by Crippen LogP contribution is 2.17. The first-order chi connectivity index (χ1) is 12.2. The van der Waals surface area contributed by atoms with Crippen LogP contribution in [-0.4, -0.2) is 56.0 Å². The molecule has 1 aromatic heterocycles. The summed E-state index contributed by atoms with van der Waals surface area (Å²) in [7, 11) is 0. The molecule has 8 heteroatoms. The lowest BCUT2D eigenvalue weighted by Gasteiger charge is -2.27. The van der Waals surface area contributed by atoms with Crippen LogP contribution in [0.5, 0.6) is 0 Å². The average Bonchev–Trinajstić information content (AvgIpc) is 3.18. The number of carbonyl (C=O) groups is 2. The molecule has 26 heavy (non-hydrogen) atoms. The average molecular weight is 395 g/mol. The van der Waals surface area contributed by atoms with Crippen molar-refractivity contribution in [2.24, 2.45) is 0 Å². The molecule has 0 atom stereocenters. The molecule has 1 aliphatic heterocycles. The van der Waals surface area contributed by atoms with E-state index in [2.05, 4.69) is 20.9 Å². The molecule has 1 saturated heterocycles. The Morgan fingerprint density at radius 3 is 2.62 bits per heavy atom. The van der Waals surface area contributed by atoms with Gasteiger partial charge in [-0.25, -0.2) is 0 Å². The minimum atomic E-state index is -0.206. The molecule has 3 rings (SSSR count). The number of halogens is 1. The van der Waals surface area contributed by atoms with Gasteiger partial charge in [-0.05, 0) is 23.6 Å². The number of amides is 2. The summed E-state index contributed by atoms with van der Waals surface area (Å²) in [5.41, 5.74) is 1.60. The zero-order valence-electron chi connectivity index (χ0n) is 14.4. The van der Waals surface area contributed by atoms with Crippen LogP contribution in [0.3, 0.4) is 0 Å². The summed E-state index contributed by atoms with van der Waals surface area (Å²) in [6, 6.07) is 8.83. The second-order valence-electron chi connectivity index (χ2n) is 5.86. The van der Waals surface area contributed by atoms with Gasteiger partial charge in [0.15, 0.2) is 0 Å². The molecule has 1 aliphatic rings. The molecule has 0 saturated carbocycles. The molecule has 0 radical (unpaired) electrons. The van der Waals surface area contributed by atoms with Crippen LogP contribution < -0.4 is 16.0 Å². The van der Waals surface area contributed by atoms with Gasteiger partial charge in [-0.2, -0.15) is 11.3 Å². The van der Waals surface area contributed by atoms with Crippen LogP contribution in [0, 0.1) is 0 Å². The van der Waals surface area contributed by atoms with E-state index in [0.717, 1.165) is 32.7 Å². The Labute approximate surface area is 163 Å². The van der Waals surface area contributed by atoms with E-state index in [-0.39, 0.29) is 24.2 Å². The SMILES string of the molecule is Cl.O=C(Nc1ccccc1C(=O)NCCN1CCNCC1)c1ccsc1. The van der Waals surface area contributed by atoms with E-state index < -0.39 is 0 Å². The number of hydrogen-bond acceptors (Lipinski definition) is 5. The van der Waals surface area contributed by atoms with Crippen LogP contribution in [0.2, 0.25) is 0 Å². The van der Waals surface area contributed by atoms with Crippen LogP contribution in [0.15, 0.2) is 41.1 Å². The van der Waals surface area contributed by atoms with Crippen molar-refractivity contribution in [2.75, 3.05) is 44.6 Å². The maximum atomic E-state index is 12.5. The lowest BCUT2D eigenvalue weighted by molar-refractivity contribution is 0.0948. The first kappa shape index (κ1) is 20.4. The van der Waals surface area contributed by atoms with Gasteiger partial charge >= 0.3 is 0 Å². The molecule has 3 N–H and O–H groups in total. The van der Waals surface area contributed by atoms with Crippen molar-refractivity contribution in [2.45, 2.75) is 0 Å². The summed E-state index contributed by atoms with van der Waals surface area (Å²) in [5.74, 6) is -0.376. The monoisotopic (exact) mass is 394 g/mol. The number of nitrogens with one attached hydrogen (secondary N) is 3. The van der Waals surface area contributed by atoms with E-state index in [1.54, 1.807) is 35.7 Å². The summed E-state index contributed by atoms with van der Waals surface area (Å²) >= 11 is 1.46. The van der Waals surface area contributed by atoms with Gasteiger partial charge in [-0.1, -0.05) is 12.1 Å². The molecule has 140 valence electrons. The molecule has 2 heterocycles. The number of thiophene rings is 1. The minimum absolute atomic E-state index is 0. The highest BCUT2D eigenvalue weighted by Gasteiger charge is 2.15. The number of benzene rings is 1. The molecule has 6 nitrogen and oxygen atoms in total. The first-order valence-corrected chi connectivity index (χ1v) is 9.32. The summed E-state index contributed by atoms with van der Waals surface area (Å²) in [6.45, 7) is 5.41. The Morgan fingerprint density at radius 2 is 1.88 bits per heavy atom. The Balaban J connectivity index is 0.00000243. The quantitative estimate of drug-likeness (QED) is 0.701. The van der Waals surface area contributed by atoms with Gasteiger partial charge < -0.3 is 16.0 Å². The normalized spacial score (nSPS) is 14.3. The first-order valence-electron chi connectivity index (χ1n) is 8.38. The van der Waals surface area contributed by atoms with Crippen molar-refractivity contribution in [3.63, 3.8) is 0 Å². The lowest BCUT2D eigenvalue weighted by atomic mass is 10.1. The van der Waals surface area contributed by atoms with E-state index in [0.29, 0.717) is 23.4 Å². The summed E-state index contributed by atoms with van der Waals surface area (Å²) in [5, 5.41) is 12.7. The molecule has 1 fully saturated rings. The molecule has 0 spiro atoms. The standard InChI is InChI=1S/C18H22N4O2S.ClH/c23-17(14-5-12-25-13-14)21-16-4-2-1-3-15(16)18(24)20-8-11-22-9-6-19-7-10-22;/h1-5,12-13,19H,6-11H2,(H,20,24)(H,21,23);1H. The predicted molar refractivity (Wildman–Crippen MR) is 108 cm³/mol. The molecular weight excluding hydrogens is 372 g/mol. The van der Waals surface area contributed by atoms with Crippen molar-refractivity contribution in [1.82, 2.24) is 15.5 Å². The maximum Gasteiger partial charge on any atom is 0.256 e. The van der Waals surface area contributed by atoms with Gasteiger partial charge in [0, 0.05) is 44.6 Å². The Bertz CT molecular complexity index is 718.